The van der Waals surface area contributed by atoms with E-state index in [2.05, 4.69) is 5.32 Å². The van der Waals surface area contributed by atoms with E-state index in [-0.39, 0.29) is 5.91 Å². The van der Waals surface area contributed by atoms with E-state index in [1.807, 2.05) is 6.26 Å². The van der Waals surface area contributed by atoms with E-state index < -0.39 is 12.0 Å². The summed E-state index contributed by atoms with van der Waals surface area (Å²) in [6.07, 6.45) is 4.13. The van der Waals surface area contributed by atoms with Crippen LogP contribution in [0.4, 0.5) is 0 Å². The number of amides is 1. The van der Waals surface area contributed by atoms with E-state index in [1.165, 1.54) is 0 Å². The molecule has 1 aromatic rings. The van der Waals surface area contributed by atoms with Crippen LogP contribution in [0.3, 0.4) is 0 Å². The third-order valence-electron chi connectivity index (χ3n) is 3.38. The minimum atomic E-state index is -1.00. The second kappa shape index (κ2) is 7.36. The molecule has 1 aliphatic heterocycles. The Kier molecular flexibility index (Phi) is 5.50. The molecule has 0 aliphatic carbocycles. The maximum atomic E-state index is 12.2. The third kappa shape index (κ3) is 4.14. The van der Waals surface area contributed by atoms with Crippen molar-refractivity contribution in [3.63, 3.8) is 0 Å². The van der Waals surface area contributed by atoms with E-state index in [9.17, 15) is 9.59 Å². The van der Waals surface area contributed by atoms with Crippen molar-refractivity contribution < 1.29 is 19.4 Å². The fourth-order valence-corrected chi connectivity index (χ4v) is 2.71. The predicted molar refractivity (Wildman–Crippen MR) is 82.1 cm³/mol. The van der Waals surface area contributed by atoms with Crippen molar-refractivity contribution >= 4 is 23.6 Å². The Morgan fingerprint density at radius 2 is 2.29 bits per heavy atom. The Balaban J connectivity index is 2.06. The molecule has 6 heteroatoms. The van der Waals surface area contributed by atoms with Gasteiger partial charge in [-0.3, -0.25) is 4.79 Å². The van der Waals surface area contributed by atoms with Crippen molar-refractivity contribution in [1.82, 2.24) is 5.32 Å². The van der Waals surface area contributed by atoms with Gasteiger partial charge < -0.3 is 15.2 Å². The van der Waals surface area contributed by atoms with Crippen molar-refractivity contribution in [2.45, 2.75) is 25.3 Å². The lowest BCUT2D eigenvalue weighted by atomic mass is 10.0. The molecular weight excluding hydrogens is 290 g/mol. The Labute approximate surface area is 128 Å². The predicted octanol–water partition coefficient (Wildman–Crippen LogP) is 1.95. The summed E-state index contributed by atoms with van der Waals surface area (Å²) in [5.74, 6) is 0.153. The van der Waals surface area contributed by atoms with Crippen LogP contribution in [0.25, 0.3) is 0 Å². The number of ether oxygens (including phenoxy) is 1. The van der Waals surface area contributed by atoms with Gasteiger partial charge in [0.2, 0.25) is 0 Å². The van der Waals surface area contributed by atoms with Crippen LogP contribution >= 0.6 is 11.8 Å². The SMILES string of the molecule is CSCC[C@@H](NC(=O)c1ccc2c(c1)CCCO2)C(=O)O. The lowest BCUT2D eigenvalue weighted by Crippen LogP contribution is -2.41. The summed E-state index contributed by atoms with van der Waals surface area (Å²) in [6, 6.07) is 4.39. The van der Waals surface area contributed by atoms with Gasteiger partial charge in [-0.15, -0.1) is 0 Å². The summed E-state index contributed by atoms with van der Waals surface area (Å²) >= 11 is 1.56. The Hall–Kier alpha value is -1.69. The number of thioether (sulfide) groups is 1. The van der Waals surface area contributed by atoms with Gasteiger partial charge in [-0.05, 0) is 55.0 Å². The molecular formula is C15H19NO4S. The van der Waals surface area contributed by atoms with Crippen molar-refractivity contribution in [2.75, 3.05) is 18.6 Å². The molecule has 0 saturated carbocycles. The summed E-state index contributed by atoms with van der Waals surface area (Å²) in [5.41, 5.74) is 1.49. The zero-order chi connectivity index (χ0) is 15.2. The van der Waals surface area contributed by atoms with Crippen molar-refractivity contribution in [3.05, 3.63) is 29.3 Å². The summed E-state index contributed by atoms with van der Waals surface area (Å²) in [4.78, 5) is 23.3. The zero-order valence-corrected chi connectivity index (χ0v) is 12.7. The highest BCUT2D eigenvalue weighted by atomic mass is 32.2. The van der Waals surface area contributed by atoms with Crippen LogP contribution in [0.1, 0.15) is 28.8 Å². The number of hydrogen-bond donors (Lipinski definition) is 2. The fraction of sp³-hybridized carbons (Fsp3) is 0.467. The highest BCUT2D eigenvalue weighted by molar-refractivity contribution is 7.98. The highest BCUT2D eigenvalue weighted by Gasteiger charge is 2.21. The first-order chi connectivity index (χ1) is 10.1. The largest absolute Gasteiger partial charge is 0.493 e. The topological polar surface area (TPSA) is 75.6 Å². The second-order valence-electron chi connectivity index (χ2n) is 4.92. The first kappa shape index (κ1) is 15.7. The van der Waals surface area contributed by atoms with Crippen LogP contribution in [-0.4, -0.2) is 41.6 Å². The van der Waals surface area contributed by atoms with Gasteiger partial charge in [-0.25, -0.2) is 4.79 Å². The monoisotopic (exact) mass is 309 g/mol. The van der Waals surface area contributed by atoms with Crippen molar-refractivity contribution in [1.29, 1.82) is 0 Å². The Bertz CT molecular complexity index is 532. The maximum absolute atomic E-state index is 12.2. The van der Waals surface area contributed by atoms with Gasteiger partial charge in [-0.2, -0.15) is 11.8 Å². The number of carbonyl (C=O) groups is 2. The van der Waals surface area contributed by atoms with Crippen LogP contribution in [0.2, 0.25) is 0 Å². The number of fused-ring (bicyclic) bond motifs is 1. The van der Waals surface area contributed by atoms with E-state index in [0.29, 0.717) is 24.3 Å². The molecule has 0 bridgehead atoms. The molecule has 21 heavy (non-hydrogen) atoms. The van der Waals surface area contributed by atoms with Crippen LogP contribution in [-0.2, 0) is 11.2 Å². The number of hydrogen-bond acceptors (Lipinski definition) is 4. The minimum absolute atomic E-state index is 0.350. The zero-order valence-electron chi connectivity index (χ0n) is 11.9. The molecule has 1 aromatic carbocycles. The van der Waals surface area contributed by atoms with Crippen LogP contribution in [0.5, 0.6) is 5.75 Å². The lowest BCUT2D eigenvalue weighted by Gasteiger charge is -2.18. The quantitative estimate of drug-likeness (QED) is 0.840. The van der Waals surface area contributed by atoms with E-state index in [1.54, 1.807) is 30.0 Å². The molecule has 1 heterocycles. The summed E-state index contributed by atoms with van der Waals surface area (Å²) in [6.45, 7) is 0.703. The maximum Gasteiger partial charge on any atom is 0.326 e. The Morgan fingerprint density at radius 3 is 3.00 bits per heavy atom. The first-order valence-corrected chi connectivity index (χ1v) is 8.29. The molecule has 1 amide bonds. The molecule has 0 radical (unpaired) electrons. The van der Waals surface area contributed by atoms with Crippen molar-refractivity contribution in [3.8, 4) is 5.75 Å². The first-order valence-electron chi connectivity index (χ1n) is 6.90. The Morgan fingerprint density at radius 1 is 1.48 bits per heavy atom. The summed E-state index contributed by atoms with van der Waals surface area (Å²) in [5, 5.41) is 11.7. The summed E-state index contributed by atoms with van der Waals surface area (Å²) < 4.78 is 5.50. The van der Waals surface area contributed by atoms with Crippen molar-refractivity contribution in [2.24, 2.45) is 0 Å². The molecule has 2 N–H and O–H groups in total. The van der Waals surface area contributed by atoms with Gasteiger partial charge in [0.1, 0.15) is 11.8 Å². The number of carbonyl (C=O) groups excluding carboxylic acids is 1. The van der Waals surface area contributed by atoms with Gasteiger partial charge in [-0.1, -0.05) is 0 Å². The molecule has 0 fully saturated rings. The molecule has 1 aliphatic rings. The average Bonchev–Trinajstić information content (AvgIpc) is 2.50. The molecule has 0 unspecified atom stereocenters. The van der Waals surface area contributed by atoms with E-state index in [0.717, 1.165) is 24.2 Å². The van der Waals surface area contributed by atoms with Gasteiger partial charge in [0.05, 0.1) is 6.61 Å². The van der Waals surface area contributed by atoms with Gasteiger partial charge >= 0.3 is 5.97 Å². The molecule has 0 saturated heterocycles. The second-order valence-corrected chi connectivity index (χ2v) is 5.91. The van der Waals surface area contributed by atoms with E-state index in [4.69, 9.17) is 9.84 Å². The summed E-state index contributed by atoms with van der Waals surface area (Å²) in [7, 11) is 0. The highest BCUT2D eigenvalue weighted by Crippen LogP contribution is 2.25. The number of carboxylic acids is 1. The number of rotatable bonds is 6. The molecule has 5 nitrogen and oxygen atoms in total. The molecule has 2 rings (SSSR count). The number of carboxylic acid groups (broad SMARTS) is 1. The van der Waals surface area contributed by atoms with Crippen LogP contribution in [0, 0.1) is 0 Å². The van der Waals surface area contributed by atoms with Gasteiger partial charge in [0, 0.05) is 5.56 Å². The van der Waals surface area contributed by atoms with Crippen LogP contribution < -0.4 is 10.1 Å². The number of nitrogens with one attached hydrogen (secondary N) is 1. The average molecular weight is 309 g/mol. The smallest absolute Gasteiger partial charge is 0.326 e. The van der Waals surface area contributed by atoms with Crippen LogP contribution in [0.15, 0.2) is 18.2 Å². The molecule has 0 aromatic heterocycles. The third-order valence-corrected chi connectivity index (χ3v) is 4.03. The normalized spacial score (nSPS) is 14.7. The lowest BCUT2D eigenvalue weighted by molar-refractivity contribution is -0.139. The molecule has 114 valence electrons. The van der Waals surface area contributed by atoms with Gasteiger partial charge in [0.25, 0.3) is 5.91 Å². The van der Waals surface area contributed by atoms with E-state index >= 15 is 0 Å². The molecule has 0 spiro atoms. The fourth-order valence-electron chi connectivity index (χ4n) is 2.24. The standard InChI is InChI=1S/C15H19NO4S/c1-21-8-6-12(15(18)19)16-14(17)11-4-5-13-10(9-11)3-2-7-20-13/h4-5,9,12H,2-3,6-8H2,1H3,(H,16,17)(H,18,19)/t12-/m1/s1. The number of aryl methyl sites for hydroxylation is 1. The van der Waals surface area contributed by atoms with Gasteiger partial charge in [0.15, 0.2) is 0 Å². The number of aliphatic carboxylic acids is 1. The number of benzene rings is 1. The molecule has 1 atom stereocenters. The minimum Gasteiger partial charge on any atom is -0.493 e.